The van der Waals surface area contributed by atoms with Gasteiger partial charge in [-0.05, 0) is 69.7 Å². The number of hydrogen-bond acceptors (Lipinski definition) is 3. The van der Waals surface area contributed by atoms with Crippen LogP contribution in [0, 0.1) is 13.8 Å². The summed E-state index contributed by atoms with van der Waals surface area (Å²) in [4.78, 5) is 0. The van der Waals surface area contributed by atoms with Crippen LogP contribution in [0.25, 0.3) is 0 Å². The zero-order chi connectivity index (χ0) is 18.9. The Labute approximate surface area is 160 Å². The van der Waals surface area contributed by atoms with Crippen LogP contribution in [0.4, 0.5) is 5.69 Å². The Morgan fingerprint density at radius 2 is 1.96 bits per heavy atom. The summed E-state index contributed by atoms with van der Waals surface area (Å²) in [7, 11) is 1.67. The van der Waals surface area contributed by atoms with Crippen LogP contribution < -0.4 is 20.1 Å². The molecular formula is C21H26N2O2S. The summed E-state index contributed by atoms with van der Waals surface area (Å²) >= 11 is 5.58. The van der Waals surface area contributed by atoms with E-state index in [1.165, 1.54) is 11.1 Å². The fraction of sp³-hybridized carbons (Fsp3) is 0.381. The molecule has 0 bridgehead atoms. The minimum atomic E-state index is -0.269. The Morgan fingerprint density at radius 3 is 2.65 bits per heavy atom. The number of thiocarbonyl (C=S) groups is 1. The van der Waals surface area contributed by atoms with Gasteiger partial charge in [-0.2, -0.15) is 0 Å². The molecule has 2 aromatic rings. The Morgan fingerprint density at radius 1 is 1.19 bits per heavy atom. The standard InChI is InChI=1S/C21H26N2O2S/c1-13-6-8-17(14(2)10-13)22-20(26)23-18-12-21(3,4)25-19-9-7-15(24-5)11-16(18)19/h6-11,18H,12H2,1-5H3,(H2,22,23,26)/t18-/m1/s1. The van der Waals surface area contributed by atoms with Crippen LogP contribution in [-0.4, -0.2) is 17.8 Å². The molecule has 26 heavy (non-hydrogen) atoms. The predicted octanol–water partition coefficient (Wildman–Crippen LogP) is 4.90. The molecule has 0 spiro atoms. The lowest BCUT2D eigenvalue weighted by atomic mass is 9.89. The maximum atomic E-state index is 6.12. The molecular weight excluding hydrogens is 344 g/mol. The first kappa shape index (κ1) is 18.5. The van der Waals surface area contributed by atoms with Gasteiger partial charge in [-0.3, -0.25) is 0 Å². The largest absolute Gasteiger partial charge is 0.497 e. The highest BCUT2D eigenvalue weighted by Gasteiger charge is 2.34. The summed E-state index contributed by atoms with van der Waals surface area (Å²) in [6.07, 6.45) is 0.807. The van der Waals surface area contributed by atoms with Gasteiger partial charge >= 0.3 is 0 Å². The number of ether oxygens (including phenoxy) is 2. The normalized spacial score (nSPS) is 17.7. The van der Waals surface area contributed by atoms with Gasteiger partial charge in [0, 0.05) is 17.7 Å². The molecule has 1 aliphatic rings. The molecule has 0 radical (unpaired) electrons. The molecule has 1 aliphatic heterocycles. The third kappa shape index (κ3) is 4.10. The van der Waals surface area contributed by atoms with Crippen molar-refractivity contribution in [1.29, 1.82) is 0 Å². The van der Waals surface area contributed by atoms with Gasteiger partial charge < -0.3 is 20.1 Å². The average Bonchev–Trinajstić information content (AvgIpc) is 2.56. The van der Waals surface area contributed by atoms with Crippen LogP contribution in [0.2, 0.25) is 0 Å². The minimum Gasteiger partial charge on any atom is -0.497 e. The second kappa shape index (κ2) is 7.16. The van der Waals surface area contributed by atoms with Crippen molar-refractivity contribution in [2.45, 2.75) is 45.8 Å². The van der Waals surface area contributed by atoms with Crippen molar-refractivity contribution in [3.8, 4) is 11.5 Å². The van der Waals surface area contributed by atoms with Crippen LogP contribution in [0.5, 0.6) is 11.5 Å². The van der Waals surface area contributed by atoms with Gasteiger partial charge in [0.05, 0.1) is 13.2 Å². The molecule has 4 nitrogen and oxygen atoms in total. The summed E-state index contributed by atoms with van der Waals surface area (Å²) < 4.78 is 11.5. The molecule has 2 aromatic carbocycles. The number of nitrogens with one attached hydrogen (secondary N) is 2. The minimum absolute atomic E-state index is 0.0506. The van der Waals surface area contributed by atoms with Crippen LogP contribution in [-0.2, 0) is 0 Å². The molecule has 138 valence electrons. The smallest absolute Gasteiger partial charge is 0.171 e. The van der Waals surface area contributed by atoms with E-state index in [4.69, 9.17) is 21.7 Å². The molecule has 0 saturated heterocycles. The molecule has 5 heteroatoms. The monoisotopic (exact) mass is 370 g/mol. The van der Waals surface area contributed by atoms with Gasteiger partial charge in [-0.25, -0.2) is 0 Å². The second-order valence-electron chi connectivity index (χ2n) is 7.44. The molecule has 3 rings (SSSR count). The Bertz CT molecular complexity index is 833. The van der Waals surface area contributed by atoms with Gasteiger partial charge in [0.2, 0.25) is 0 Å². The molecule has 0 fully saturated rings. The lowest BCUT2D eigenvalue weighted by Crippen LogP contribution is -2.42. The van der Waals surface area contributed by atoms with E-state index >= 15 is 0 Å². The molecule has 1 heterocycles. The molecule has 0 saturated carbocycles. The number of rotatable bonds is 3. The van der Waals surface area contributed by atoms with Gasteiger partial charge in [0.1, 0.15) is 17.1 Å². The summed E-state index contributed by atoms with van der Waals surface area (Å²) in [5.74, 6) is 1.68. The number of methoxy groups -OCH3 is 1. The van der Waals surface area contributed by atoms with Crippen molar-refractivity contribution in [2.24, 2.45) is 0 Å². The van der Waals surface area contributed by atoms with Crippen LogP contribution in [0.3, 0.4) is 0 Å². The molecule has 1 atom stereocenters. The van der Waals surface area contributed by atoms with Crippen molar-refractivity contribution in [3.63, 3.8) is 0 Å². The van der Waals surface area contributed by atoms with Gasteiger partial charge in [-0.1, -0.05) is 17.7 Å². The summed E-state index contributed by atoms with van der Waals surface area (Å²) in [5.41, 5.74) is 4.22. The third-order valence-electron chi connectivity index (χ3n) is 4.61. The highest BCUT2D eigenvalue weighted by atomic mass is 32.1. The number of aryl methyl sites for hydroxylation is 2. The van der Waals surface area contributed by atoms with E-state index in [1.807, 2.05) is 18.2 Å². The average molecular weight is 371 g/mol. The van der Waals surface area contributed by atoms with Crippen molar-refractivity contribution >= 4 is 23.0 Å². The lowest BCUT2D eigenvalue weighted by molar-refractivity contribution is 0.0695. The third-order valence-corrected chi connectivity index (χ3v) is 4.83. The van der Waals surface area contributed by atoms with E-state index in [2.05, 4.69) is 56.5 Å². The fourth-order valence-corrected chi connectivity index (χ4v) is 3.61. The molecule has 0 amide bonds. The molecule has 0 aromatic heterocycles. The number of fused-ring (bicyclic) bond motifs is 1. The first-order valence-corrected chi connectivity index (χ1v) is 9.20. The molecule has 2 N–H and O–H groups in total. The van der Waals surface area contributed by atoms with Crippen LogP contribution >= 0.6 is 12.2 Å². The van der Waals surface area contributed by atoms with E-state index in [1.54, 1.807) is 7.11 Å². The SMILES string of the molecule is COc1ccc2c(c1)[C@H](NC(=S)Nc1ccc(C)cc1C)CC(C)(C)O2. The Hall–Kier alpha value is -2.27. The Balaban J connectivity index is 1.81. The van der Waals surface area contributed by atoms with Crippen molar-refractivity contribution in [2.75, 3.05) is 12.4 Å². The van der Waals surface area contributed by atoms with E-state index < -0.39 is 0 Å². The topological polar surface area (TPSA) is 42.5 Å². The highest BCUT2D eigenvalue weighted by Crippen LogP contribution is 2.41. The summed E-state index contributed by atoms with van der Waals surface area (Å²) in [6, 6.07) is 12.2. The van der Waals surface area contributed by atoms with E-state index in [-0.39, 0.29) is 11.6 Å². The zero-order valence-corrected chi connectivity index (χ0v) is 16.8. The molecule has 0 unspecified atom stereocenters. The lowest BCUT2D eigenvalue weighted by Gasteiger charge is -2.38. The van der Waals surface area contributed by atoms with Gasteiger partial charge in [0.25, 0.3) is 0 Å². The quantitative estimate of drug-likeness (QED) is 0.752. The van der Waals surface area contributed by atoms with Gasteiger partial charge in [-0.15, -0.1) is 0 Å². The van der Waals surface area contributed by atoms with Crippen molar-refractivity contribution < 1.29 is 9.47 Å². The maximum Gasteiger partial charge on any atom is 0.171 e. The van der Waals surface area contributed by atoms with E-state index in [0.29, 0.717) is 5.11 Å². The van der Waals surface area contributed by atoms with Gasteiger partial charge in [0.15, 0.2) is 5.11 Å². The second-order valence-corrected chi connectivity index (χ2v) is 7.85. The summed E-state index contributed by atoms with van der Waals surface area (Å²) in [5, 5.41) is 7.38. The first-order chi connectivity index (χ1) is 12.3. The zero-order valence-electron chi connectivity index (χ0n) is 16.0. The highest BCUT2D eigenvalue weighted by molar-refractivity contribution is 7.80. The number of benzene rings is 2. The maximum absolute atomic E-state index is 6.12. The van der Waals surface area contributed by atoms with Crippen LogP contribution in [0.15, 0.2) is 36.4 Å². The molecule has 0 aliphatic carbocycles. The summed E-state index contributed by atoms with van der Waals surface area (Å²) in [6.45, 7) is 8.35. The van der Waals surface area contributed by atoms with Crippen molar-refractivity contribution in [3.05, 3.63) is 53.1 Å². The predicted molar refractivity (Wildman–Crippen MR) is 110 cm³/mol. The first-order valence-electron chi connectivity index (χ1n) is 8.79. The number of hydrogen-bond donors (Lipinski definition) is 2. The van der Waals surface area contributed by atoms with E-state index in [9.17, 15) is 0 Å². The van der Waals surface area contributed by atoms with Crippen molar-refractivity contribution in [1.82, 2.24) is 5.32 Å². The number of anilines is 1. The fourth-order valence-electron chi connectivity index (χ4n) is 3.36. The van der Waals surface area contributed by atoms with E-state index in [0.717, 1.165) is 29.2 Å². The van der Waals surface area contributed by atoms with Crippen LogP contribution in [0.1, 0.15) is 43.0 Å². The Kier molecular flexibility index (Phi) is 5.10.